The summed E-state index contributed by atoms with van der Waals surface area (Å²) in [4.78, 5) is 20.6. The summed E-state index contributed by atoms with van der Waals surface area (Å²) in [6.07, 6.45) is 8.20. The van der Waals surface area contributed by atoms with Gasteiger partial charge in [0.15, 0.2) is 0 Å². The van der Waals surface area contributed by atoms with E-state index in [1.807, 2.05) is 12.1 Å². The maximum Gasteiger partial charge on any atom is 0.282 e. The molecule has 1 aromatic heterocycles. The van der Waals surface area contributed by atoms with E-state index < -0.39 is 0 Å². The molecule has 4 aliphatic rings. The van der Waals surface area contributed by atoms with Gasteiger partial charge in [-0.25, -0.2) is 0 Å². The van der Waals surface area contributed by atoms with Gasteiger partial charge in [0.05, 0.1) is 27.0 Å². The molecule has 1 aliphatic carbocycles. The monoisotopic (exact) mass is 474 g/mol. The van der Waals surface area contributed by atoms with Gasteiger partial charge in [0.25, 0.3) is 5.56 Å². The van der Waals surface area contributed by atoms with Gasteiger partial charge in [-0.15, -0.1) is 0 Å². The molecule has 7 rings (SSSR count). The highest BCUT2D eigenvalue weighted by Crippen LogP contribution is 2.52. The Bertz CT molecular complexity index is 1330. The van der Waals surface area contributed by atoms with Crippen molar-refractivity contribution in [1.82, 2.24) is 19.8 Å². The van der Waals surface area contributed by atoms with E-state index in [1.54, 1.807) is 6.07 Å². The molecule has 4 heterocycles. The van der Waals surface area contributed by atoms with Crippen LogP contribution in [0.25, 0.3) is 16.6 Å². The molecule has 6 heteroatoms. The Kier molecular flexibility index (Phi) is 4.91. The summed E-state index contributed by atoms with van der Waals surface area (Å²) >= 11 is 6.48. The predicted octanol–water partition coefficient (Wildman–Crippen LogP) is 4.75. The van der Waals surface area contributed by atoms with Crippen LogP contribution in [0.1, 0.15) is 67.8 Å². The summed E-state index contributed by atoms with van der Waals surface area (Å²) in [6, 6.07) is 13.6. The van der Waals surface area contributed by atoms with E-state index in [0.29, 0.717) is 16.3 Å². The van der Waals surface area contributed by atoms with Crippen LogP contribution in [0.5, 0.6) is 0 Å². The number of likely N-dealkylation sites (tertiary alicyclic amines) is 1. The van der Waals surface area contributed by atoms with Crippen LogP contribution in [0.2, 0.25) is 5.02 Å². The second kappa shape index (κ2) is 7.91. The highest BCUT2D eigenvalue weighted by Gasteiger charge is 2.46. The predicted molar refractivity (Wildman–Crippen MR) is 136 cm³/mol. The lowest BCUT2D eigenvalue weighted by molar-refractivity contribution is 0.113. The number of fused-ring (bicyclic) bond motifs is 7. The summed E-state index contributed by atoms with van der Waals surface area (Å²) in [5.74, 6) is 1.55. The van der Waals surface area contributed by atoms with Gasteiger partial charge in [-0.3, -0.25) is 14.3 Å². The maximum absolute atomic E-state index is 13.1. The highest BCUT2D eigenvalue weighted by molar-refractivity contribution is 6.35. The average Bonchev–Trinajstić information content (AvgIpc) is 3.08. The van der Waals surface area contributed by atoms with Crippen molar-refractivity contribution in [2.24, 2.45) is 0 Å². The Hall–Kier alpha value is -2.21. The summed E-state index contributed by atoms with van der Waals surface area (Å²) in [5.41, 5.74) is 4.59. The molecule has 3 aromatic rings. The molecule has 0 atom stereocenters. The number of rotatable bonds is 2. The van der Waals surface area contributed by atoms with Gasteiger partial charge in [-0.05, 0) is 74.0 Å². The van der Waals surface area contributed by atoms with Crippen molar-refractivity contribution in [3.63, 3.8) is 0 Å². The second-order valence-electron chi connectivity index (χ2n) is 10.8. The molecule has 0 radical (unpaired) electrons. The highest BCUT2D eigenvalue weighted by atomic mass is 35.5. The molecule has 5 nitrogen and oxygen atoms in total. The quantitative estimate of drug-likeness (QED) is 0.582. The van der Waals surface area contributed by atoms with Gasteiger partial charge in [0, 0.05) is 19.1 Å². The number of nitrogens with one attached hydrogen (secondary N) is 1. The van der Waals surface area contributed by atoms with E-state index in [-0.39, 0.29) is 11.0 Å². The third-order valence-corrected chi connectivity index (χ3v) is 9.37. The van der Waals surface area contributed by atoms with Crippen molar-refractivity contribution in [2.75, 3.05) is 26.2 Å². The van der Waals surface area contributed by atoms with E-state index in [1.165, 1.54) is 62.0 Å². The molecule has 3 fully saturated rings. The minimum Gasteiger partial charge on any atom is -0.314 e. The van der Waals surface area contributed by atoms with Crippen LogP contribution in [0.15, 0.2) is 41.2 Å². The standard InChI is InChI=1S/C28H31ClN4O/c29-22-5-4-6-24-25(22)26(34)31-27-28(11-2-1-3-12-28)21-15-19(7-8-23(21)33(24)27)18-9-13-32(14-10-18)20-16-30-17-20/h4-8,15,18,20,30H,1-3,9-14,16-17H2. The van der Waals surface area contributed by atoms with Crippen molar-refractivity contribution in [2.45, 2.75) is 62.3 Å². The Labute approximate surface area is 205 Å². The first kappa shape index (κ1) is 21.1. The van der Waals surface area contributed by atoms with Crippen molar-refractivity contribution in [3.05, 3.63) is 68.7 Å². The van der Waals surface area contributed by atoms with Crippen molar-refractivity contribution in [1.29, 1.82) is 0 Å². The minimum absolute atomic E-state index is 0.155. The molecule has 0 bridgehead atoms. The Morgan fingerprint density at radius 2 is 1.82 bits per heavy atom. The van der Waals surface area contributed by atoms with Gasteiger partial charge in [0.2, 0.25) is 0 Å². The normalized spacial score (nSPS) is 22.6. The van der Waals surface area contributed by atoms with Crippen molar-refractivity contribution < 1.29 is 0 Å². The lowest BCUT2D eigenvalue weighted by Gasteiger charge is -2.42. The molecule has 34 heavy (non-hydrogen) atoms. The van der Waals surface area contributed by atoms with Crippen LogP contribution >= 0.6 is 11.6 Å². The number of piperidine rings is 1. The molecule has 0 amide bonds. The van der Waals surface area contributed by atoms with E-state index in [0.717, 1.165) is 43.3 Å². The molecule has 176 valence electrons. The molecule has 1 N–H and O–H groups in total. The molecule has 1 spiro atoms. The Morgan fingerprint density at radius 1 is 1.03 bits per heavy atom. The SMILES string of the molecule is O=c1nc2n(c3cccc(Cl)c13)-c1ccc(C3CCN(C4CNC4)CC3)cc1C21CCCCC1. The molecule has 2 saturated heterocycles. The fourth-order valence-electron chi connectivity index (χ4n) is 7.08. The number of aromatic nitrogens is 2. The fourth-order valence-corrected chi connectivity index (χ4v) is 7.33. The Balaban J connectivity index is 1.34. The first-order valence-electron chi connectivity index (χ1n) is 13.0. The van der Waals surface area contributed by atoms with Gasteiger partial charge in [0.1, 0.15) is 5.82 Å². The zero-order chi connectivity index (χ0) is 22.9. The number of halogens is 1. The van der Waals surface area contributed by atoms with Gasteiger partial charge < -0.3 is 5.32 Å². The van der Waals surface area contributed by atoms with E-state index in [2.05, 4.69) is 33.0 Å². The van der Waals surface area contributed by atoms with E-state index in [4.69, 9.17) is 16.6 Å². The van der Waals surface area contributed by atoms with Crippen molar-refractivity contribution in [3.8, 4) is 5.69 Å². The van der Waals surface area contributed by atoms with Gasteiger partial charge >= 0.3 is 0 Å². The fraction of sp³-hybridized carbons (Fsp3) is 0.500. The maximum atomic E-state index is 13.1. The number of nitrogens with zero attached hydrogens (tertiary/aromatic N) is 3. The van der Waals surface area contributed by atoms with E-state index in [9.17, 15) is 4.79 Å². The zero-order valence-electron chi connectivity index (χ0n) is 19.5. The minimum atomic E-state index is -0.192. The van der Waals surface area contributed by atoms with Crippen LogP contribution in [-0.4, -0.2) is 46.7 Å². The topological polar surface area (TPSA) is 50.2 Å². The number of hydrogen-bond donors (Lipinski definition) is 1. The first-order chi connectivity index (χ1) is 16.7. The second-order valence-corrected chi connectivity index (χ2v) is 11.2. The van der Waals surface area contributed by atoms with Gasteiger partial charge in [-0.1, -0.05) is 49.1 Å². The van der Waals surface area contributed by atoms with Crippen LogP contribution < -0.4 is 10.9 Å². The lowest BCUT2D eigenvalue weighted by Crippen LogP contribution is -2.58. The van der Waals surface area contributed by atoms with Gasteiger partial charge in [-0.2, -0.15) is 4.98 Å². The summed E-state index contributed by atoms with van der Waals surface area (Å²) < 4.78 is 2.25. The van der Waals surface area contributed by atoms with Crippen molar-refractivity contribution >= 4 is 22.5 Å². The lowest BCUT2D eigenvalue weighted by atomic mass is 9.69. The molecular formula is C28H31ClN4O. The summed E-state index contributed by atoms with van der Waals surface area (Å²) in [5, 5.41) is 4.43. The van der Waals surface area contributed by atoms with Crippen LogP contribution in [0, 0.1) is 0 Å². The van der Waals surface area contributed by atoms with Crippen LogP contribution in [-0.2, 0) is 5.41 Å². The van der Waals surface area contributed by atoms with E-state index >= 15 is 0 Å². The molecule has 3 aliphatic heterocycles. The smallest absolute Gasteiger partial charge is 0.282 e. The molecule has 0 unspecified atom stereocenters. The first-order valence-corrected chi connectivity index (χ1v) is 13.3. The number of hydrogen-bond acceptors (Lipinski definition) is 4. The van der Waals surface area contributed by atoms with Crippen LogP contribution in [0.4, 0.5) is 0 Å². The zero-order valence-corrected chi connectivity index (χ0v) is 20.3. The van der Waals surface area contributed by atoms with Crippen LogP contribution in [0.3, 0.4) is 0 Å². The molecular weight excluding hydrogens is 444 g/mol. The average molecular weight is 475 g/mol. The largest absolute Gasteiger partial charge is 0.314 e. The molecule has 1 saturated carbocycles. The summed E-state index contributed by atoms with van der Waals surface area (Å²) in [7, 11) is 0. The third kappa shape index (κ3) is 3.00. The Morgan fingerprint density at radius 3 is 2.56 bits per heavy atom. The summed E-state index contributed by atoms with van der Waals surface area (Å²) in [6.45, 7) is 4.68. The third-order valence-electron chi connectivity index (χ3n) is 9.06. The molecule has 2 aromatic carbocycles. The number of benzene rings is 2.